The number of imidazole rings is 1. The molecule has 2 amide bonds. The number of aromatic amines is 1. The lowest BCUT2D eigenvalue weighted by Crippen LogP contribution is -2.50. The number of carbonyl (C=O) groups excluding carboxylic acids is 3. The zero-order valence-electron chi connectivity index (χ0n) is 18.4. The van der Waals surface area contributed by atoms with E-state index in [4.69, 9.17) is 0 Å². The molecule has 8 heteroatoms. The summed E-state index contributed by atoms with van der Waals surface area (Å²) in [6, 6.07) is 13.2. The maximum atomic E-state index is 12.8. The van der Waals surface area contributed by atoms with E-state index < -0.39 is 11.9 Å². The molecule has 1 atom stereocenters. The summed E-state index contributed by atoms with van der Waals surface area (Å²) in [5.74, 6) is -0.912. The van der Waals surface area contributed by atoms with Crippen molar-refractivity contribution >= 4 is 39.6 Å². The molecule has 3 N–H and O–H groups in total. The van der Waals surface area contributed by atoms with Crippen molar-refractivity contribution in [2.24, 2.45) is 0 Å². The molecule has 33 heavy (non-hydrogen) atoms. The van der Waals surface area contributed by atoms with Gasteiger partial charge in [0.2, 0.25) is 0 Å². The van der Waals surface area contributed by atoms with Crippen LogP contribution in [0.15, 0.2) is 65.0 Å². The maximum Gasteiger partial charge on any atom is 0.268 e. The lowest BCUT2D eigenvalue weighted by Gasteiger charge is -2.27. The highest BCUT2D eigenvalue weighted by Gasteiger charge is 2.36. The highest BCUT2D eigenvalue weighted by Crippen LogP contribution is 2.28. The largest absolute Gasteiger partial charge is 0.346 e. The van der Waals surface area contributed by atoms with E-state index in [2.05, 4.69) is 36.5 Å². The highest BCUT2D eigenvalue weighted by atomic mass is 79.9. The number of aromatic nitrogens is 2. The van der Waals surface area contributed by atoms with Crippen LogP contribution >= 0.6 is 15.9 Å². The van der Waals surface area contributed by atoms with E-state index in [1.807, 2.05) is 32.9 Å². The predicted molar refractivity (Wildman–Crippen MR) is 128 cm³/mol. The fraction of sp³-hybridized carbons (Fsp3) is 0.200. The third-order valence-corrected chi connectivity index (χ3v) is 5.80. The summed E-state index contributed by atoms with van der Waals surface area (Å²) < 4.78 is 0.889. The summed E-state index contributed by atoms with van der Waals surface area (Å²) in [5, 5.41) is 5.45. The molecule has 1 fully saturated rings. The normalized spacial score (nSPS) is 17.6. The molecule has 0 radical (unpaired) electrons. The molecule has 168 valence electrons. The van der Waals surface area contributed by atoms with Gasteiger partial charge in [0.05, 0.1) is 17.7 Å². The fourth-order valence-corrected chi connectivity index (χ4v) is 3.93. The van der Waals surface area contributed by atoms with Gasteiger partial charge >= 0.3 is 0 Å². The summed E-state index contributed by atoms with van der Waals surface area (Å²) >= 11 is 3.36. The van der Waals surface area contributed by atoms with Crippen LogP contribution in [0.3, 0.4) is 0 Å². The molecular formula is C25H23BrN4O3. The van der Waals surface area contributed by atoms with Gasteiger partial charge in [-0.15, -0.1) is 0 Å². The average Bonchev–Trinajstić information content (AvgIpc) is 3.27. The predicted octanol–water partition coefficient (Wildman–Crippen LogP) is 4.03. The molecule has 2 aromatic carbocycles. The third kappa shape index (κ3) is 4.80. The number of rotatable bonds is 4. The standard InChI is InChI=1S/C25H23BrN4O3/c1-25(2,3)22-19(27-13-28-22)20-24(33)29-18(23(32)30-20)12-14-5-4-6-16(11-14)21(31)15-7-9-17(26)10-8-15/h4-13,20H,1-3H3,(H,27,28)(H,29,33)(H,30,32)/b18-12+. The van der Waals surface area contributed by atoms with Crippen LogP contribution in [0.4, 0.5) is 0 Å². The van der Waals surface area contributed by atoms with E-state index in [0.29, 0.717) is 22.4 Å². The Kier molecular flexibility index (Phi) is 6.03. The van der Waals surface area contributed by atoms with Gasteiger partial charge < -0.3 is 15.6 Å². The van der Waals surface area contributed by atoms with Crippen molar-refractivity contribution in [2.45, 2.75) is 32.2 Å². The molecule has 2 heterocycles. The van der Waals surface area contributed by atoms with Gasteiger partial charge in [0, 0.05) is 21.0 Å². The Morgan fingerprint density at radius 3 is 2.48 bits per heavy atom. The van der Waals surface area contributed by atoms with Crippen LogP contribution < -0.4 is 10.6 Å². The molecule has 1 aliphatic heterocycles. The molecule has 0 spiro atoms. The Morgan fingerprint density at radius 1 is 1.06 bits per heavy atom. The van der Waals surface area contributed by atoms with Crippen molar-refractivity contribution in [3.05, 3.63) is 93.1 Å². The second kappa shape index (κ2) is 8.78. The van der Waals surface area contributed by atoms with E-state index in [0.717, 1.165) is 10.2 Å². The van der Waals surface area contributed by atoms with Gasteiger partial charge in [-0.1, -0.05) is 54.9 Å². The number of carbonyl (C=O) groups is 3. The summed E-state index contributed by atoms with van der Waals surface area (Å²) in [7, 11) is 0. The molecule has 1 saturated heterocycles. The third-order valence-electron chi connectivity index (χ3n) is 5.27. The lowest BCUT2D eigenvalue weighted by molar-refractivity contribution is -0.131. The number of halogens is 1. The van der Waals surface area contributed by atoms with Gasteiger partial charge in [-0.2, -0.15) is 0 Å². The van der Waals surface area contributed by atoms with Gasteiger partial charge in [0.15, 0.2) is 11.8 Å². The first kappa shape index (κ1) is 22.7. The molecule has 1 aliphatic rings. The first-order chi connectivity index (χ1) is 15.6. The highest BCUT2D eigenvalue weighted by molar-refractivity contribution is 9.10. The molecule has 0 bridgehead atoms. The molecule has 0 saturated carbocycles. The van der Waals surface area contributed by atoms with Crippen LogP contribution in [0.1, 0.15) is 59.7 Å². The van der Waals surface area contributed by atoms with E-state index >= 15 is 0 Å². The Labute approximate surface area is 199 Å². The molecule has 1 aromatic heterocycles. The number of amides is 2. The Morgan fingerprint density at radius 2 is 1.79 bits per heavy atom. The minimum atomic E-state index is -0.864. The van der Waals surface area contributed by atoms with E-state index in [1.165, 1.54) is 6.33 Å². The number of nitrogens with one attached hydrogen (secondary N) is 3. The minimum absolute atomic E-state index is 0.112. The molecule has 0 aliphatic carbocycles. The summed E-state index contributed by atoms with van der Waals surface area (Å²) in [6.07, 6.45) is 3.08. The minimum Gasteiger partial charge on any atom is -0.346 e. The number of H-pyrrole nitrogens is 1. The van der Waals surface area contributed by atoms with Crippen LogP contribution in [-0.2, 0) is 15.0 Å². The summed E-state index contributed by atoms with van der Waals surface area (Å²) in [6.45, 7) is 5.97. The van der Waals surface area contributed by atoms with Crippen molar-refractivity contribution < 1.29 is 14.4 Å². The average molecular weight is 507 g/mol. The van der Waals surface area contributed by atoms with Crippen LogP contribution in [-0.4, -0.2) is 27.6 Å². The number of benzene rings is 2. The maximum absolute atomic E-state index is 12.8. The molecule has 7 nitrogen and oxygen atoms in total. The van der Waals surface area contributed by atoms with Gasteiger partial charge in [0.1, 0.15) is 5.70 Å². The SMILES string of the molecule is CC(C)(C)c1nc[nH]c1C1NC(=O)/C(=C\c2cccc(C(=O)c3ccc(Br)cc3)c2)NC1=O. The van der Waals surface area contributed by atoms with Crippen LogP contribution in [0.2, 0.25) is 0 Å². The Bertz CT molecular complexity index is 1270. The number of hydrogen-bond acceptors (Lipinski definition) is 4. The first-order valence-electron chi connectivity index (χ1n) is 10.4. The Hall–Kier alpha value is -3.52. The van der Waals surface area contributed by atoms with Gasteiger partial charge in [-0.25, -0.2) is 4.98 Å². The topological polar surface area (TPSA) is 104 Å². The molecule has 4 rings (SSSR count). The van der Waals surface area contributed by atoms with Crippen molar-refractivity contribution in [2.75, 3.05) is 0 Å². The zero-order valence-corrected chi connectivity index (χ0v) is 20.0. The lowest BCUT2D eigenvalue weighted by atomic mass is 9.88. The molecule has 3 aromatic rings. The quantitative estimate of drug-likeness (QED) is 0.367. The van der Waals surface area contributed by atoms with Gasteiger partial charge in [-0.05, 0) is 42.0 Å². The number of hydrogen-bond donors (Lipinski definition) is 3. The van der Waals surface area contributed by atoms with Crippen molar-refractivity contribution in [3.63, 3.8) is 0 Å². The fourth-order valence-electron chi connectivity index (χ4n) is 3.67. The van der Waals surface area contributed by atoms with E-state index in [1.54, 1.807) is 42.5 Å². The second-order valence-electron chi connectivity index (χ2n) is 8.83. The number of piperazine rings is 1. The summed E-state index contributed by atoms with van der Waals surface area (Å²) in [5.41, 5.74) is 2.77. The molecular weight excluding hydrogens is 484 g/mol. The van der Waals surface area contributed by atoms with Crippen LogP contribution in [0.25, 0.3) is 6.08 Å². The van der Waals surface area contributed by atoms with Crippen molar-refractivity contribution in [1.29, 1.82) is 0 Å². The van der Waals surface area contributed by atoms with E-state index in [9.17, 15) is 14.4 Å². The van der Waals surface area contributed by atoms with Crippen molar-refractivity contribution in [1.82, 2.24) is 20.6 Å². The van der Waals surface area contributed by atoms with Gasteiger partial charge in [-0.3, -0.25) is 14.4 Å². The number of ketones is 1. The summed E-state index contributed by atoms with van der Waals surface area (Å²) in [4.78, 5) is 45.7. The number of nitrogens with zero attached hydrogens (tertiary/aromatic N) is 1. The second-order valence-corrected chi connectivity index (χ2v) is 9.75. The molecule has 1 unspecified atom stereocenters. The smallest absolute Gasteiger partial charge is 0.268 e. The van der Waals surface area contributed by atoms with Crippen LogP contribution in [0, 0.1) is 0 Å². The van der Waals surface area contributed by atoms with Crippen molar-refractivity contribution in [3.8, 4) is 0 Å². The van der Waals surface area contributed by atoms with E-state index in [-0.39, 0.29) is 22.8 Å². The monoisotopic (exact) mass is 506 g/mol. The Balaban J connectivity index is 1.57. The van der Waals surface area contributed by atoms with Gasteiger partial charge in [0.25, 0.3) is 11.8 Å². The first-order valence-corrected chi connectivity index (χ1v) is 11.2. The van der Waals surface area contributed by atoms with Crippen LogP contribution in [0.5, 0.6) is 0 Å². The zero-order chi connectivity index (χ0) is 23.8.